The zero-order valence-electron chi connectivity index (χ0n) is 12.9. The van der Waals surface area contributed by atoms with Crippen molar-refractivity contribution in [2.75, 3.05) is 7.11 Å². The second-order valence-corrected chi connectivity index (χ2v) is 5.41. The molecule has 0 unspecified atom stereocenters. The lowest BCUT2D eigenvalue weighted by atomic mass is 10.2. The van der Waals surface area contributed by atoms with Gasteiger partial charge in [0.15, 0.2) is 5.70 Å². The molecule has 0 radical (unpaired) electrons. The molecule has 0 N–H and O–H groups in total. The zero-order valence-corrected chi connectivity index (χ0v) is 13.7. The summed E-state index contributed by atoms with van der Waals surface area (Å²) in [6.45, 7) is 0. The van der Waals surface area contributed by atoms with Crippen molar-refractivity contribution in [1.29, 1.82) is 0 Å². The summed E-state index contributed by atoms with van der Waals surface area (Å²) < 4.78 is 10.5. The minimum Gasteiger partial charge on any atom is -0.496 e. The summed E-state index contributed by atoms with van der Waals surface area (Å²) in [6.07, 6.45) is 5.25. The second kappa shape index (κ2) is 7.15. The number of hydrogen-bond donors (Lipinski definition) is 0. The number of rotatable bonds is 4. The third-order valence-electron chi connectivity index (χ3n) is 3.35. The third-order valence-corrected chi connectivity index (χ3v) is 3.59. The molecule has 0 amide bonds. The number of ether oxygens (including phenoxy) is 2. The lowest BCUT2D eigenvalue weighted by molar-refractivity contribution is -0.130. The number of cyclic esters (lactones) is 1. The highest BCUT2D eigenvalue weighted by Gasteiger charge is 2.26. The Morgan fingerprint density at radius 2 is 1.96 bits per heavy atom. The van der Waals surface area contributed by atoms with Gasteiger partial charge in [-0.1, -0.05) is 54.1 Å². The minimum atomic E-state index is -0.509. The van der Waals surface area contributed by atoms with Gasteiger partial charge in [0.05, 0.1) is 12.7 Å². The fraction of sp³-hybridized carbons (Fsp3) is 0.0526. The zero-order chi connectivity index (χ0) is 16.9. The fourth-order valence-electron chi connectivity index (χ4n) is 2.20. The van der Waals surface area contributed by atoms with Gasteiger partial charge in [-0.3, -0.25) is 0 Å². The van der Waals surface area contributed by atoms with Gasteiger partial charge in [-0.05, 0) is 29.8 Å². The van der Waals surface area contributed by atoms with Crippen molar-refractivity contribution in [3.8, 4) is 5.75 Å². The van der Waals surface area contributed by atoms with E-state index in [0.717, 1.165) is 5.56 Å². The molecule has 0 saturated carbocycles. The number of allylic oxidation sites excluding steroid dienone is 2. The molecule has 120 valence electrons. The van der Waals surface area contributed by atoms with Crippen LogP contribution in [0.1, 0.15) is 11.1 Å². The Kier molecular flexibility index (Phi) is 4.77. The number of aliphatic imine (C=N–C) groups is 1. The fourth-order valence-corrected chi connectivity index (χ4v) is 2.37. The molecule has 24 heavy (non-hydrogen) atoms. The summed E-state index contributed by atoms with van der Waals surface area (Å²) in [5.41, 5.74) is 1.79. The monoisotopic (exact) mass is 339 g/mol. The number of methoxy groups -OCH3 is 1. The minimum absolute atomic E-state index is 0.179. The first-order chi connectivity index (χ1) is 11.7. The lowest BCUT2D eigenvalue weighted by Crippen LogP contribution is -2.07. The van der Waals surface area contributed by atoms with Crippen LogP contribution in [0.2, 0.25) is 5.02 Å². The van der Waals surface area contributed by atoms with E-state index in [2.05, 4.69) is 4.99 Å². The number of carbonyl (C=O) groups is 1. The molecule has 0 aromatic heterocycles. The van der Waals surface area contributed by atoms with Crippen LogP contribution in [0.3, 0.4) is 0 Å². The lowest BCUT2D eigenvalue weighted by Gasteiger charge is -2.07. The van der Waals surface area contributed by atoms with Gasteiger partial charge >= 0.3 is 5.97 Å². The van der Waals surface area contributed by atoms with Crippen LogP contribution < -0.4 is 4.74 Å². The standard InChI is InChI=1S/C19H14ClNO3/c1-23-17-11-10-14(20)12-15(17)18-21-16(19(22)24-18)9-5-8-13-6-3-2-4-7-13/h2-12H,1H3. The van der Waals surface area contributed by atoms with E-state index in [1.165, 1.54) is 7.11 Å². The van der Waals surface area contributed by atoms with E-state index in [9.17, 15) is 4.79 Å². The van der Waals surface area contributed by atoms with Gasteiger partial charge < -0.3 is 9.47 Å². The summed E-state index contributed by atoms with van der Waals surface area (Å²) in [6, 6.07) is 14.8. The summed E-state index contributed by atoms with van der Waals surface area (Å²) >= 11 is 6.00. The number of halogens is 1. The predicted molar refractivity (Wildman–Crippen MR) is 94.2 cm³/mol. The second-order valence-electron chi connectivity index (χ2n) is 4.97. The molecule has 0 atom stereocenters. The van der Waals surface area contributed by atoms with E-state index in [-0.39, 0.29) is 11.6 Å². The van der Waals surface area contributed by atoms with Gasteiger partial charge in [-0.25, -0.2) is 9.79 Å². The molecular formula is C19H14ClNO3. The Bertz CT molecular complexity index is 854. The molecule has 1 aliphatic heterocycles. The van der Waals surface area contributed by atoms with Crippen molar-refractivity contribution in [2.45, 2.75) is 0 Å². The molecule has 2 aromatic rings. The molecule has 0 aliphatic carbocycles. The first-order valence-corrected chi connectivity index (χ1v) is 7.63. The van der Waals surface area contributed by atoms with Gasteiger partial charge in [0.1, 0.15) is 5.75 Å². The SMILES string of the molecule is COc1ccc(Cl)cc1C1=NC(=CC=Cc2ccccc2)C(=O)O1. The molecule has 0 saturated heterocycles. The summed E-state index contributed by atoms with van der Waals surface area (Å²) in [4.78, 5) is 16.2. The highest BCUT2D eigenvalue weighted by atomic mass is 35.5. The number of benzene rings is 2. The van der Waals surface area contributed by atoms with E-state index >= 15 is 0 Å². The summed E-state index contributed by atoms with van der Waals surface area (Å²) in [5.74, 6) is 0.204. The summed E-state index contributed by atoms with van der Waals surface area (Å²) in [5, 5.41) is 0.506. The predicted octanol–water partition coefficient (Wildman–Crippen LogP) is 4.25. The average molecular weight is 340 g/mol. The van der Waals surface area contributed by atoms with Crippen LogP contribution in [-0.4, -0.2) is 19.0 Å². The Morgan fingerprint density at radius 3 is 2.71 bits per heavy atom. The highest BCUT2D eigenvalue weighted by Crippen LogP contribution is 2.27. The van der Waals surface area contributed by atoms with Gasteiger partial charge in [0, 0.05) is 5.02 Å². The van der Waals surface area contributed by atoms with E-state index in [1.54, 1.807) is 30.4 Å². The Morgan fingerprint density at radius 1 is 1.17 bits per heavy atom. The van der Waals surface area contributed by atoms with Crippen LogP contribution in [-0.2, 0) is 9.53 Å². The normalized spacial score (nSPS) is 15.7. The van der Waals surface area contributed by atoms with Crippen molar-refractivity contribution in [1.82, 2.24) is 0 Å². The molecule has 3 rings (SSSR count). The van der Waals surface area contributed by atoms with Crippen molar-refractivity contribution in [3.63, 3.8) is 0 Å². The summed E-state index contributed by atoms with van der Waals surface area (Å²) in [7, 11) is 1.53. The van der Waals surface area contributed by atoms with Crippen LogP contribution in [0.25, 0.3) is 6.08 Å². The molecule has 1 heterocycles. The molecule has 5 heteroatoms. The number of nitrogens with zero attached hydrogens (tertiary/aromatic N) is 1. The van der Waals surface area contributed by atoms with Gasteiger partial charge in [-0.2, -0.15) is 0 Å². The van der Waals surface area contributed by atoms with E-state index in [1.807, 2.05) is 36.4 Å². The highest BCUT2D eigenvalue weighted by molar-refractivity contribution is 6.31. The van der Waals surface area contributed by atoms with Crippen LogP contribution >= 0.6 is 11.6 Å². The molecule has 4 nitrogen and oxygen atoms in total. The van der Waals surface area contributed by atoms with Crippen molar-refractivity contribution in [2.24, 2.45) is 4.99 Å². The van der Waals surface area contributed by atoms with Crippen LogP contribution in [0, 0.1) is 0 Å². The Hall–Kier alpha value is -2.85. The van der Waals surface area contributed by atoms with Gasteiger partial charge in [-0.15, -0.1) is 0 Å². The van der Waals surface area contributed by atoms with Crippen molar-refractivity contribution < 1.29 is 14.3 Å². The Labute approximate surface area is 144 Å². The quantitative estimate of drug-likeness (QED) is 0.618. The third kappa shape index (κ3) is 3.55. The average Bonchev–Trinajstić information content (AvgIpc) is 2.97. The molecular weight excluding hydrogens is 326 g/mol. The number of hydrogen-bond acceptors (Lipinski definition) is 4. The van der Waals surface area contributed by atoms with E-state index in [0.29, 0.717) is 16.3 Å². The van der Waals surface area contributed by atoms with Gasteiger partial charge in [0.25, 0.3) is 0 Å². The number of esters is 1. The van der Waals surface area contributed by atoms with Crippen LogP contribution in [0.15, 0.2) is 71.4 Å². The first kappa shape index (κ1) is 16.0. The van der Waals surface area contributed by atoms with Crippen LogP contribution in [0.4, 0.5) is 0 Å². The van der Waals surface area contributed by atoms with E-state index < -0.39 is 5.97 Å². The molecule has 0 bridgehead atoms. The van der Waals surface area contributed by atoms with Crippen molar-refractivity contribution >= 4 is 29.5 Å². The Balaban J connectivity index is 1.87. The van der Waals surface area contributed by atoms with Crippen molar-refractivity contribution in [3.05, 3.63) is 82.5 Å². The topological polar surface area (TPSA) is 47.9 Å². The maximum absolute atomic E-state index is 12.0. The van der Waals surface area contributed by atoms with Crippen LogP contribution in [0.5, 0.6) is 5.75 Å². The maximum atomic E-state index is 12.0. The maximum Gasteiger partial charge on any atom is 0.363 e. The molecule has 2 aromatic carbocycles. The number of carbonyl (C=O) groups excluding carboxylic acids is 1. The first-order valence-electron chi connectivity index (χ1n) is 7.25. The molecule has 0 fully saturated rings. The molecule has 0 spiro atoms. The smallest absolute Gasteiger partial charge is 0.363 e. The largest absolute Gasteiger partial charge is 0.496 e. The van der Waals surface area contributed by atoms with Gasteiger partial charge in [0.2, 0.25) is 5.90 Å². The van der Waals surface area contributed by atoms with E-state index in [4.69, 9.17) is 21.1 Å². The molecule has 1 aliphatic rings.